The highest BCUT2D eigenvalue weighted by Crippen LogP contribution is 2.48. The summed E-state index contributed by atoms with van der Waals surface area (Å²) in [6, 6.07) is 8.85. The van der Waals surface area contributed by atoms with E-state index in [0.29, 0.717) is 43.9 Å². The van der Waals surface area contributed by atoms with E-state index in [2.05, 4.69) is 26.2 Å². The molecule has 1 aliphatic carbocycles. The minimum atomic E-state index is -0.801. The van der Waals surface area contributed by atoms with Crippen molar-refractivity contribution in [1.29, 1.82) is 10.5 Å². The number of ether oxygens (including phenoxy) is 1. The number of hydrogen-bond donors (Lipinski definition) is 2. The van der Waals surface area contributed by atoms with Gasteiger partial charge in [-0.05, 0) is 49.8 Å². The lowest BCUT2D eigenvalue weighted by atomic mass is 9.93. The summed E-state index contributed by atoms with van der Waals surface area (Å²) in [7, 11) is 0. The number of piperazine rings is 1. The molecule has 9 nitrogen and oxygen atoms in total. The topological polar surface area (TPSA) is 127 Å². The van der Waals surface area contributed by atoms with Crippen LogP contribution in [0.3, 0.4) is 0 Å². The number of nitrogens with one attached hydrogen (secondary N) is 1. The van der Waals surface area contributed by atoms with Crippen molar-refractivity contribution in [3.8, 4) is 29.3 Å². The van der Waals surface area contributed by atoms with Crippen LogP contribution in [0.2, 0.25) is 0 Å². The largest absolute Gasteiger partial charge is 0.463 e. The van der Waals surface area contributed by atoms with Crippen LogP contribution in [0.5, 0.6) is 6.01 Å². The fourth-order valence-electron chi connectivity index (χ4n) is 7.47. The summed E-state index contributed by atoms with van der Waals surface area (Å²) in [6.07, 6.45) is 3.68. The minimum Gasteiger partial charge on any atom is -0.463 e. The predicted octanol–water partition coefficient (Wildman–Crippen LogP) is 5.26. The van der Waals surface area contributed by atoms with Crippen molar-refractivity contribution in [3.63, 3.8) is 0 Å². The fourth-order valence-corrected chi connectivity index (χ4v) is 8.42. The van der Waals surface area contributed by atoms with Crippen molar-refractivity contribution in [2.75, 3.05) is 50.0 Å². The van der Waals surface area contributed by atoms with Crippen LogP contribution in [-0.4, -0.2) is 72.5 Å². The molecule has 5 heterocycles. The third-order valence-electron chi connectivity index (χ3n) is 9.96. The number of aromatic nitrogens is 2. The first kappa shape index (κ1) is 29.2. The fraction of sp³-hybridized carbons (Fsp3) is 0.455. The molecule has 4 fully saturated rings. The number of nitriles is 2. The highest BCUT2D eigenvalue weighted by atomic mass is 32.1. The molecule has 3 aliphatic heterocycles. The molecule has 8 rings (SSSR count). The molecule has 13 heteroatoms. The molecule has 3 saturated heterocycles. The summed E-state index contributed by atoms with van der Waals surface area (Å²) in [4.78, 5) is 13.6. The standard InChI is InChI=1S/C33H31F3N8OS/c34-18-5-8-43(12-18)15-33(6-7-33)16-45-32-41-28-22(31(42-32)44-13-19-1-2-20(14-44)40-19)9-17(10-37)25(27(28)36)21-3-4-24(35)29-26(21)23(11-38)30(39)46-29/h3-4,9,18-20,40H,1-2,5-8,12-16,39H2/t18-,19?,20?/m1/s1. The third-order valence-corrected chi connectivity index (χ3v) is 11.0. The highest BCUT2D eigenvalue weighted by Gasteiger charge is 2.46. The number of benzene rings is 2. The van der Waals surface area contributed by atoms with Gasteiger partial charge in [0.25, 0.3) is 0 Å². The molecule has 46 heavy (non-hydrogen) atoms. The predicted molar refractivity (Wildman–Crippen MR) is 169 cm³/mol. The lowest BCUT2D eigenvalue weighted by molar-refractivity contribution is 0.165. The zero-order valence-corrected chi connectivity index (χ0v) is 25.8. The quantitative estimate of drug-likeness (QED) is 0.277. The molecular formula is C33H31F3N8OS. The van der Waals surface area contributed by atoms with E-state index in [9.17, 15) is 19.3 Å². The number of fused-ring (bicyclic) bond motifs is 4. The Labute approximate surface area is 267 Å². The molecule has 4 aliphatic rings. The number of halogens is 3. The first-order valence-corrected chi connectivity index (χ1v) is 16.4. The van der Waals surface area contributed by atoms with Gasteiger partial charge < -0.3 is 20.7 Å². The summed E-state index contributed by atoms with van der Waals surface area (Å²) in [5.41, 5.74) is 6.06. The van der Waals surface area contributed by atoms with Gasteiger partial charge in [-0.2, -0.15) is 20.5 Å². The Hall–Kier alpha value is -4.17. The maximum atomic E-state index is 17.0. The van der Waals surface area contributed by atoms with E-state index < -0.39 is 17.8 Å². The van der Waals surface area contributed by atoms with E-state index in [1.165, 1.54) is 12.1 Å². The van der Waals surface area contributed by atoms with Crippen LogP contribution < -0.4 is 20.7 Å². The molecular weight excluding hydrogens is 613 g/mol. The first-order chi connectivity index (χ1) is 22.3. The van der Waals surface area contributed by atoms with E-state index in [1.807, 2.05) is 6.07 Å². The molecule has 3 N–H and O–H groups in total. The number of likely N-dealkylation sites (tertiary alicyclic amines) is 1. The van der Waals surface area contributed by atoms with Crippen molar-refractivity contribution in [2.24, 2.45) is 5.41 Å². The Kier molecular flexibility index (Phi) is 6.98. The van der Waals surface area contributed by atoms with Gasteiger partial charge in [0.15, 0.2) is 5.82 Å². The van der Waals surface area contributed by atoms with Gasteiger partial charge in [0.05, 0.1) is 28.5 Å². The number of hydrogen-bond acceptors (Lipinski definition) is 10. The van der Waals surface area contributed by atoms with Crippen LogP contribution in [0.25, 0.3) is 32.1 Å². The van der Waals surface area contributed by atoms with E-state index >= 15 is 4.39 Å². The summed E-state index contributed by atoms with van der Waals surface area (Å²) in [6.45, 7) is 3.52. The minimum absolute atomic E-state index is 0.0110. The van der Waals surface area contributed by atoms with Crippen molar-refractivity contribution >= 4 is 43.1 Å². The van der Waals surface area contributed by atoms with Crippen LogP contribution in [0.4, 0.5) is 24.0 Å². The van der Waals surface area contributed by atoms with E-state index in [-0.39, 0.29) is 66.4 Å². The average molecular weight is 645 g/mol. The van der Waals surface area contributed by atoms with E-state index in [1.54, 1.807) is 6.07 Å². The van der Waals surface area contributed by atoms with Crippen molar-refractivity contribution < 1.29 is 17.9 Å². The lowest BCUT2D eigenvalue weighted by Gasteiger charge is -2.34. The number of nitrogens with zero attached hydrogens (tertiary/aromatic N) is 6. The number of alkyl halides is 1. The van der Waals surface area contributed by atoms with Gasteiger partial charge >= 0.3 is 6.01 Å². The number of thiophene rings is 1. The lowest BCUT2D eigenvalue weighted by Crippen LogP contribution is -2.51. The van der Waals surface area contributed by atoms with Gasteiger partial charge in [0.1, 0.15) is 34.4 Å². The number of anilines is 2. The molecule has 4 aromatic rings. The Morgan fingerprint density at radius 1 is 1.09 bits per heavy atom. The molecule has 0 amide bonds. The third kappa shape index (κ3) is 4.89. The molecule has 2 unspecified atom stereocenters. The van der Waals surface area contributed by atoms with Gasteiger partial charge in [-0.1, -0.05) is 6.07 Å². The Morgan fingerprint density at radius 2 is 1.87 bits per heavy atom. The second-order valence-corrected chi connectivity index (χ2v) is 14.2. The SMILES string of the molecule is N#Cc1cc2c(N3CC4CCC(C3)N4)nc(OCC3(CN4CC[C@@H](F)C4)CC3)nc2c(F)c1-c1ccc(F)c2sc(N)c(C#N)c12. The second kappa shape index (κ2) is 11.0. The summed E-state index contributed by atoms with van der Waals surface area (Å²) in [5.74, 6) is -0.878. The Morgan fingerprint density at radius 3 is 2.54 bits per heavy atom. The number of nitrogens with two attached hydrogens (primary N) is 1. The van der Waals surface area contributed by atoms with Crippen LogP contribution in [-0.2, 0) is 0 Å². The molecule has 2 aromatic carbocycles. The van der Waals surface area contributed by atoms with Gasteiger partial charge in [-0.25, -0.2) is 13.2 Å². The van der Waals surface area contributed by atoms with Crippen LogP contribution in [0, 0.1) is 39.7 Å². The van der Waals surface area contributed by atoms with Gasteiger partial charge in [-0.3, -0.25) is 4.90 Å². The molecule has 3 atom stereocenters. The zero-order chi connectivity index (χ0) is 31.7. The maximum Gasteiger partial charge on any atom is 0.319 e. The zero-order valence-electron chi connectivity index (χ0n) is 25.0. The summed E-state index contributed by atoms with van der Waals surface area (Å²) < 4.78 is 52.1. The smallest absolute Gasteiger partial charge is 0.319 e. The average Bonchev–Trinajstić information content (AvgIpc) is 3.34. The monoisotopic (exact) mass is 644 g/mol. The first-order valence-electron chi connectivity index (χ1n) is 15.6. The number of nitrogen functional groups attached to an aromatic ring is 1. The van der Waals surface area contributed by atoms with Crippen molar-refractivity contribution in [2.45, 2.75) is 50.4 Å². The Balaban J connectivity index is 1.26. The van der Waals surface area contributed by atoms with E-state index in [0.717, 1.165) is 50.1 Å². The molecule has 1 saturated carbocycles. The van der Waals surface area contributed by atoms with Crippen LogP contribution in [0.15, 0.2) is 18.2 Å². The maximum absolute atomic E-state index is 17.0. The summed E-state index contributed by atoms with van der Waals surface area (Å²) >= 11 is 0.910. The normalized spacial score (nSPS) is 23.6. The number of rotatable bonds is 7. The summed E-state index contributed by atoms with van der Waals surface area (Å²) in [5, 5.41) is 24.4. The van der Waals surface area contributed by atoms with E-state index in [4.69, 9.17) is 15.5 Å². The van der Waals surface area contributed by atoms with Crippen LogP contribution in [0.1, 0.15) is 43.2 Å². The molecule has 236 valence electrons. The molecule has 2 aromatic heterocycles. The van der Waals surface area contributed by atoms with Crippen molar-refractivity contribution in [3.05, 3.63) is 41.0 Å². The highest BCUT2D eigenvalue weighted by molar-refractivity contribution is 7.23. The van der Waals surface area contributed by atoms with Crippen LogP contribution >= 0.6 is 11.3 Å². The second-order valence-electron chi connectivity index (χ2n) is 13.2. The Bertz CT molecular complexity index is 1970. The molecule has 0 radical (unpaired) electrons. The van der Waals surface area contributed by atoms with Gasteiger partial charge in [0.2, 0.25) is 0 Å². The van der Waals surface area contributed by atoms with Crippen molar-refractivity contribution in [1.82, 2.24) is 20.2 Å². The van der Waals surface area contributed by atoms with Gasteiger partial charge in [-0.15, -0.1) is 11.3 Å². The molecule has 0 spiro atoms. The van der Waals surface area contributed by atoms with Gasteiger partial charge in [0, 0.05) is 66.6 Å². The molecule has 2 bridgehead atoms.